The number of nitro benzene ring substituents is 1. The van der Waals surface area contributed by atoms with Gasteiger partial charge in [-0.05, 0) is 31.2 Å². The Labute approximate surface area is 103 Å². The van der Waals surface area contributed by atoms with Crippen molar-refractivity contribution in [3.8, 4) is 0 Å². The van der Waals surface area contributed by atoms with Crippen LogP contribution in [0.4, 0.5) is 20.2 Å². The fraction of sp³-hybridized carbons (Fsp3) is 0.500. The zero-order valence-corrected chi connectivity index (χ0v) is 9.95. The lowest BCUT2D eigenvalue weighted by atomic mass is 10.1. The number of halogens is 2. The third-order valence-corrected chi connectivity index (χ3v) is 3.23. The molecule has 1 aromatic carbocycles. The van der Waals surface area contributed by atoms with Crippen LogP contribution in [0, 0.1) is 27.7 Å². The summed E-state index contributed by atoms with van der Waals surface area (Å²) in [7, 11) is 0. The first-order valence-electron chi connectivity index (χ1n) is 5.93. The zero-order chi connectivity index (χ0) is 13.3. The van der Waals surface area contributed by atoms with E-state index in [1.165, 1.54) is 0 Å². The van der Waals surface area contributed by atoms with Gasteiger partial charge >= 0.3 is 0 Å². The van der Waals surface area contributed by atoms with E-state index in [4.69, 9.17) is 0 Å². The lowest BCUT2D eigenvalue weighted by Crippen LogP contribution is -2.22. The Morgan fingerprint density at radius 3 is 2.67 bits per heavy atom. The van der Waals surface area contributed by atoms with Crippen molar-refractivity contribution >= 4 is 11.4 Å². The number of benzene rings is 1. The topological polar surface area (TPSA) is 55.2 Å². The number of hydrogen-bond acceptors (Lipinski definition) is 3. The van der Waals surface area contributed by atoms with Gasteiger partial charge < -0.3 is 5.32 Å². The minimum absolute atomic E-state index is 0.0417. The van der Waals surface area contributed by atoms with Crippen LogP contribution in [0.3, 0.4) is 0 Å². The third-order valence-electron chi connectivity index (χ3n) is 3.23. The number of rotatable bonds is 5. The molecule has 0 aromatic heterocycles. The van der Waals surface area contributed by atoms with E-state index in [2.05, 4.69) is 5.32 Å². The maximum Gasteiger partial charge on any atom is 0.295 e. The Morgan fingerprint density at radius 2 is 2.17 bits per heavy atom. The zero-order valence-electron chi connectivity index (χ0n) is 9.95. The maximum atomic E-state index is 13.7. The van der Waals surface area contributed by atoms with Crippen molar-refractivity contribution in [1.82, 2.24) is 0 Å². The highest BCUT2D eigenvalue weighted by atomic mass is 19.2. The fourth-order valence-corrected chi connectivity index (χ4v) is 2.07. The van der Waals surface area contributed by atoms with Crippen LogP contribution in [0.15, 0.2) is 12.1 Å². The summed E-state index contributed by atoms with van der Waals surface area (Å²) in [6, 6.07) is 1.72. The molecule has 1 saturated carbocycles. The average molecular weight is 256 g/mol. The molecule has 2 rings (SSSR count). The van der Waals surface area contributed by atoms with Crippen LogP contribution in [0.5, 0.6) is 0 Å². The van der Waals surface area contributed by atoms with Crippen molar-refractivity contribution in [3.05, 3.63) is 33.9 Å². The maximum absolute atomic E-state index is 13.7. The van der Waals surface area contributed by atoms with Crippen LogP contribution >= 0.6 is 0 Å². The fourth-order valence-electron chi connectivity index (χ4n) is 2.07. The van der Waals surface area contributed by atoms with Crippen LogP contribution in [0.1, 0.15) is 26.2 Å². The summed E-state index contributed by atoms with van der Waals surface area (Å²) in [4.78, 5) is 10.1. The van der Waals surface area contributed by atoms with Crippen LogP contribution in [0.2, 0.25) is 0 Å². The van der Waals surface area contributed by atoms with Crippen molar-refractivity contribution in [1.29, 1.82) is 0 Å². The van der Waals surface area contributed by atoms with Crippen LogP contribution in [-0.4, -0.2) is 11.0 Å². The molecule has 0 heterocycles. The van der Waals surface area contributed by atoms with Gasteiger partial charge in [0.05, 0.1) is 4.92 Å². The van der Waals surface area contributed by atoms with Gasteiger partial charge in [-0.1, -0.05) is 6.92 Å². The summed E-state index contributed by atoms with van der Waals surface area (Å²) >= 11 is 0. The van der Waals surface area contributed by atoms with Gasteiger partial charge in [0, 0.05) is 12.1 Å². The molecule has 0 saturated heterocycles. The Bertz CT molecular complexity index is 475. The van der Waals surface area contributed by atoms with Crippen molar-refractivity contribution < 1.29 is 13.7 Å². The summed E-state index contributed by atoms with van der Waals surface area (Å²) in [5, 5.41) is 13.6. The summed E-state index contributed by atoms with van der Waals surface area (Å²) < 4.78 is 26.8. The van der Waals surface area contributed by atoms with Crippen LogP contribution < -0.4 is 5.32 Å². The molecule has 1 atom stereocenters. The van der Waals surface area contributed by atoms with Crippen molar-refractivity contribution in [3.63, 3.8) is 0 Å². The normalized spacial score (nSPS) is 16.4. The second-order valence-electron chi connectivity index (χ2n) is 4.51. The highest BCUT2D eigenvalue weighted by Crippen LogP contribution is 2.38. The quantitative estimate of drug-likeness (QED) is 0.648. The number of nitro groups is 1. The third kappa shape index (κ3) is 2.42. The Balaban J connectivity index is 2.34. The van der Waals surface area contributed by atoms with Crippen molar-refractivity contribution in [2.45, 2.75) is 32.2 Å². The molecule has 1 N–H and O–H groups in total. The van der Waals surface area contributed by atoms with Crippen molar-refractivity contribution in [2.75, 3.05) is 5.32 Å². The molecule has 0 aliphatic heterocycles. The second kappa shape index (κ2) is 4.88. The predicted octanol–water partition coefficient (Wildman–Crippen LogP) is 3.47. The summed E-state index contributed by atoms with van der Waals surface area (Å²) in [6.07, 6.45) is 2.77. The molecule has 6 heteroatoms. The molecule has 0 spiro atoms. The molecule has 1 aromatic rings. The van der Waals surface area contributed by atoms with E-state index < -0.39 is 22.2 Å². The predicted molar refractivity (Wildman–Crippen MR) is 63.4 cm³/mol. The van der Waals surface area contributed by atoms with E-state index in [-0.39, 0.29) is 11.7 Å². The smallest absolute Gasteiger partial charge is 0.295 e. The average Bonchev–Trinajstić information content (AvgIpc) is 3.14. The largest absolute Gasteiger partial charge is 0.374 e. The number of nitrogens with zero attached hydrogens (tertiary/aromatic N) is 1. The first-order chi connectivity index (χ1) is 8.54. The summed E-state index contributed by atoms with van der Waals surface area (Å²) in [5.74, 6) is -1.85. The molecule has 0 bridgehead atoms. The molecule has 18 heavy (non-hydrogen) atoms. The van der Waals surface area contributed by atoms with E-state index in [0.29, 0.717) is 5.92 Å². The van der Waals surface area contributed by atoms with Crippen molar-refractivity contribution in [2.24, 2.45) is 5.92 Å². The van der Waals surface area contributed by atoms with E-state index in [1.807, 2.05) is 6.92 Å². The summed E-state index contributed by atoms with van der Waals surface area (Å²) in [5.41, 5.74) is -0.758. The number of hydrogen-bond donors (Lipinski definition) is 1. The van der Waals surface area contributed by atoms with Gasteiger partial charge in [0.2, 0.25) is 0 Å². The monoisotopic (exact) mass is 256 g/mol. The van der Waals surface area contributed by atoms with Crippen LogP contribution in [-0.2, 0) is 0 Å². The molecule has 0 radical (unpaired) electrons. The molecule has 1 aliphatic rings. The van der Waals surface area contributed by atoms with Gasteiger partial charge in [0.25, 0.3) is 5.69 Å². The van der Waals surface area contributed by atoms with Gasteiger partial charge in [-0.25, -0.2) is 8.78 Å². The molecule has 0 amide bonds. The minimum Gasteiger partial charge on any atom is -0.374 e. The SMILES string of the molecule is CCC(Nc1c([N+](=O)[O-])ccc(F)c1F)C1CC1. The Kier molecular flexibility index (Phi) is 3.45. The van der Waals surface area contributed by atoms with E-state index in [0.717, 1.165) is 31.4 Å². The highest BCUT2D eigenvalue weighted by molar-refractivity contribution is 5.63. The van der Waals surface area contributed by atoms with E-state index in [9.17, 15) is 18.9 Å². The molecule has 98 valence electrons. The van der Waals surface area contributed by atoms with Gasteiger partial charge in [0.15, 0.2) is 17.3 Å². The highest BCUT2D eigenvalue weighted by Gasteiger charge is 2.32. The Morgan fingerprint density at radius 1 is 1.50 bits per heavy atom. The van der Waals surface area contributed by atoms with Gasteiger partial charge in [-0.3, -0.25) is 10.1 Å². The van der Waals surface area contributed by atoms with Crippen LogP contribution in [0.25, 0.3) is 0 Å². The van der Waals surface area contributed by atoms with E-state index >= 15 is 0 Å². The lowest BCUT2D eigenvalue weighted by Gasteiger charge is -2.18. The molecule has 1 aliphatic carbocycles. The summed E-state index contributed by atoms with van der Waals surface area (Å²) in [6.45, 7) is 1.92. The van der Waals surface area contributed by atoms with Gasteiger partial charge in [-0.2, -0.15) is 0 Å². The minimum atomic E-state index is -1.18. The molecule has 4 nitrogen and oxygen atoms in total. The number of nitrogens with one attached hydrogen (secondary N) is 1. The number of anilines is 1. The molecule has 1 fully saturated rings. The molecule has 1 unspecified atom stereocenters. The first-order valence-corrected chi connectivity index (χ1v) is 5.93. The molecular weight excluding hydrogens is 242 g/mol. The van der Waals surface area contributed by atoms with E-state index in [1.54, 1.807) is 0 Å². The first kappa shape index (κ1) is 12.7. The standard InChI is InChI=1S/C12H14F2N2O2/c1-2-9(7-3-4-7)15-12-10(16(17)18)6-5-8(13)11(12)14/h5-7,9,15H,2-4H2,1H3. The van der Waals surface area contributed by atoms with Gasteiger partial charge in [0.1, 0.15) is 0 Å². The second-order valence-corrected chi connectivity index (χ2v) is 4.51. The Hall–Kier alpha value is -1.72. The van der Waals surface area contributed by atoms with Gasteiger partial charge in [-0.15, -0.1) is 0 Å². The lowest BCUT2D eigenvalue weighted by molar-refractivity contribution is -0.384. The molecular formula is C12H14F2N2O2.